The molecule has 0 fully saturated rings. The van der Waals surface area contributed by atoms with Crippen LogP contribution in [0.2, 0.25) is 0 Å². The van der Waals surface area contributed by atoms with Crippen molar-refractivity contribution in [3.8, 4) is 0 Å². The summed E-state index contributed by atoms with van der Waals surface area (Å²) in [6.07, 6.45) is 3.55. The van der Waals surface area contributed by atoms with Gasteiger partial charge in [0.1, 0.15) is 5.82 Å². The number of nitrogens with one attached hydrogen (secondary N) is 1. The summed E-state index contributed by atoms with van der Waals surface area (Å²) < 4.78 is 14.7. The van der Waals surface area contributed by atoms with E-state index in [1.807, 2.05) is 22.6 Å². The van der Waals surface area contributed by atoms with E-state index < -0.39 is 11.7 Å². The second-order valence-corrected chi connectivity index (χ2v) is 5.89. The number of hydrogen-bond donors (Lipinski definition) is 2. The minimum atomic E-state index is -0.507. The van der Waals surface area contributed by atoms with Gasteiger partial charge in [-0.05, 0) is 52.8 Å². The molecule has 5 nitrogen and oxygen atoms in total. The zero-order valence-corrected chi connectivity index (χ0v) is 13.0. The number of hydrogen-bond acceptors (Lipinski definition) is 4. The van der Waals surface area contributed by atoms with Crippen LogP contribution in [0.5, 0.6) is 0 Å². The Labute approximate surface area is 133 Å². The van der Waals surface area contributed by atoms with Crippen molar-refractivity contribution in [3.05, 3.63) is 51.1 Å². The Hall–Kier alpha value is -1.74. The number of hydroxylamine groups is 2. The van der Waals surface area contributed by atoms with Crippen LogP contribution in [0.1, 0.15) is 15.9 Å². The van der Waals surface area contributed by atoms with Crippen LogP contribution < -0.4 is 5.32 Å². The summed E-state index contributed by atoms with van der Waals surface area (Å²) in [7, 11) is 0. The van der Waals surface area contributed by atoms with Crippen molar-refractivity contribution in [2.45, 2.75) is 6.42 Å². The molecule has 1 amide bonds. The van der Waals surface area contributed by atoms with Crippen molar-refractivity contribution in [3.63, 3.8) is 0 Å². The Bertz CT molecular complexity index is 723. The molecule has 21 heavy (non-hydrogen) atoms. The Morgan fingerprint density at radius 2 is 2.14 bits per heavy atom. The SMILES string of the molecule is O=C1c2c(cncc2Nc2ccc(I)cc2F)CCN1O. The van der Waals surface area contributed by atoms with Gasteiger partial charge in [0.25, 0.3) is 5.91 Å². The second kappa shape index (κ2) is 5.57. The first-order valence-corrected chi connectivity index (χ1v) is 7.34. The fourth-order valence-corrected chi connectivity index (χ4v) is 2.69. The number of benzene rings is 1. The van der Waals surface area contributed by atoms with E-state index in [0.29, 0.717) is 22.7 Å². The molecule has 108 valence electrons. The van der Waals surface area contributed by atoms with Crippen LogP contribution in [0.25, 0.3) is 0 Å². The van der Waals surface area contributed by atoms with E-state index >= 15 is 0 Å². The molecule has 3 rings (SSSR count). The van der Waals surface area contributed by atoms with Crippen molar-refractivity contribution < 1.29 is 14.4 Å². The maximum Gasteiger partial charge on any atom is 0.279 e. The van der Waals surface area contributed by atoms with Crippen molar-refractivity contribution in [2.24, 2.45) is 0 Å². The maximum absolute atomic E-state index is 13.9. The van der Waals surface area contributed by atoms with Crippen molar-refractivity contribution in [2.75, 3.05) is 11.9 Å². The highest BCUT2D eigenvalue weighted by atomic mass is 127. The minimum absolute atomic E-state index is 0.231. The number of rotatable bonds is 2. The summed E-state index contributed by atoms with van der Waals surface area (Å²) in [5.74, 6) is -0.921. The van der Waals surface area contributed by atoms with Gasteiger partial charge in [-0.2, -0.15) is 0 Å². The van der Waals surface area contributed by atoms with Crippen LogP contribution in [0.15, 0.2) is 30.6 Å². The van der Waals surface area contributed by atoms with Gasteiger partial charge in [-0.15, -0.1) is 0 Å². The predicted octanol–water partition coefficient (Wildman–Crippen LogP) is 2.96. The van der Waals surface area contributed by atoms with Gasteiger partial charge in [0.05, 0.1) is 29.7 Å². The van der Waals surface area contributed by atoms with E-state index in [1.165, 1.54) is 12.3 Å². The molecule has 2 heterocycles. The lowest BCUT2D eigenvalue weighted by atomic mass is 10.0. The van der Waals surface area contributed by atoms with Gasteiger partial charge in [-0.3, -0.25) is 15.0 Å². The summed E-state index contributed by atoms with van der Waals surface area (Å²) in [5, 5.41) is 13.1. The average Bonchev–Trinajstić information content (AvgIpc) is 2.46. The lowest BCUT2D eigenvalue weighted by Crippen LogP contribution is -2.35. The number of aromatic nitrogens is 1. The zero-order valence-electron chi connectivity index (χ0n) is 10.8. The highest BCUT2D eigenvalue weighted by Crippen LogP contribution is 2.28. The molecular weight excluding hydrogens is 388 g/mol. The molecule has 0 saturated carbocycles. The van der Waals surface area contributed by atoms with E-state index in [1.54, 1.807) is 18.3 Å². The van der Waals surface area contributed by atoms with E-state index in [0.717, 1.165) is 9.13 Å². The number of nitrogens with zero attached hydrogens (tertiary/aromatic N) is 2. The van der Waals surface area contributed by atoms with Gasteiger partial charge in [0, 0.05) is 9.77 Å². The predicted molar refractivity (Wildman–Crippen MR) is 83.2 cm³/mol. The number of carbonyl (C=O) groups excluding carboxylic acids is 1. The van der Waals surface area contributed by atoms with Crippen molar-refractivity contribution in [1.82, 2.24) is 10.0 Å². The molecule has 1 aliphatic heterocycles. The lowest BCUT2D eigenvalue weighted by molar-refractivity contribution is -0.0601. The summed E-state index contributed by atoms with van der Waals surface area (Å²) in [6.45, 7) is 0.231. The van der Waals surface area contributed by atoms with Crippen molar-refractivity contribution in [1.29, 1.82) is 0 Å². The molecule has 0 unspecified atom stereocenters. The first kappa shape index (κ1) is 14.2. The third-order valence-electron chi connectivity index (χ3n) is 3.27. The molecule has 2 aromatic rings. The summed E-state index contributed by atoms with van der Waals surface area (Å²) >= 11 is 2.02. The van der Waals surface area contributed by atoms with Crippen molar-refractivity contribution >= 4 is 39.9 Å². The topological polar surface area (TPSA) is 65.5 Å². The Morgan fingerprint density at radius 1 is 1.33 bits per heavy atom. The normalized spacial score (nSPS) is 14.0. The number of amides is 1. The van der Waals surface area contributed by atoms with E-state index in [-0.39, 0.29) is 12.2 Å². The Balaban J connectivity index is 2.02. The third kappa shape index (κ3) is 2.70. The van der Waals surface area contributed by atoms with Crippen LogP contribution in [-0.4, -0.2) is 27.7 Å². The second-order valence-electron chi connectivity index (χ2n) is 4.65. The minimum Gasteiger partial charge on any atom is -0.351 e. The molecule has 0 radical (unpaired) electrons. The first-order chi connectivity index (χ1) is 10.1. The number of fused-ring (bicyclic) bond motifs is 1. The highest BCUT2D eigenvalue weighted by molar-refractivity contribution is 14.1. The molecule has 1 aromatic carbocycles. The number of halogens is 2. The largest absolute Gasteiger partial charge is 0.351 e. The van der Waals surface area contributed by atoms with Gasteiger partial charge < -0.3 is 5.32 Å². The Kier molecular flexibility index (Phi) is 3.77. The smallest absolute Gasteiger partial charge is 0.279 e. The number of anilines is 2. The number of pyridine rings is 1. The molecule has 0 atom stereocenters. The summed E-state index contributed by atoms with van der Waals surface area (Å²) in [5.41, 5.74) is 1.71. The van der Waals surface area contributed by atoms with Gasteiger partial charge in [0.15, 0.2) is 0 Å². The molecule has 1 aliphatic rings. The standard InChI is InChI=1S/C14H11FIN3O2/c15-10-5-9(16)1-2-11(10)18-12-7-17-6-8-3-4-19(21)14(20)13(8)12/h1-2,5-7,18,21H,3-4H2. The lowest BCUT2D eigenvalue weighted by Gasteiger charge is -2.24. The van der Waals surface area contributed by atoms with Crippen LogP contribution in [0.4, 0.5) is 15.8 Å². The molecule has 1 aromatic heterocycles. The quantitative estimate of drug-likeness (QED) is 0.602. The van der Waals surface area contributed by atoms with Crippen LogP contribution in [0, 0.1) is 9.39 Å². The summed E-state index contributed by atoms with van der Waals surface area (Å²) in [6, 6.07) is 4.75. The van der Waals surface area contributed by atoms with Crippen LogP contribution in [-0.2, 0) is 6.42 Å². The van der Waals surface area contributed by atoms with E-state index in [2.05, 4.69) is 10.3 Å². The van der Waals surface area contributed by atoms with E-state index in [4.69, 9.17) is 0 Å². The molecule has 7 heteroatoms. The highest BCUT2D eigenvalue weighted by Gasteiger charge is 2.26. The molecule has 2 N–H and O–H groups in total. The third-order valence-corrected chi connectivity index (χ3v) is 3.94. The van der Waals surface area contributed by atoms with Gasteiger partial charge in [-0.1, -0.05) is 0 Å². The summed E-state index contributed by atoms with van der Waals surface area (Å²) in [4.78, 5) is 16.1. The van der Waals surface area contributed by atoms with Gasteiger partial charge in [-0.25, -0.2) is 9.45 Å². The zero-order chi connectivity index (χ0) is 15.0. The molecule has 0 bridgehead atoms. The van der Waals surface area contributed by atoms with Gasteiger partial charge in [0.2, 0.25) is 0 Å². The molecule has 0 aliphatic carbocycles. The first-order valence-electron chi connectivity index (χ1n) is 6.26. The monoisotopic (exact) mass is 399 g/mol. The number of carbonyl (C=O) groups is 1. The molecule has 0 saturated heterocycles. The fraction of sp³-hybridized carbons (Fsp3) is 0.143. The van der Waals surface area contributed by atoms with Crippen LogP contribution in [0.3, 0.4) is 0 Å². The fourth-order valence-electron chi connectivity index (χ4n) is 2.23. The average molecular weight is 399 g/mol. The molecule has 0 spiro atoms. The van der Waals surface area contributed by atoms with Gasteiger partial charge >= 0.3 is 0 Å². The maximum atomic E-state index is 13.9. The Morgan fingerprint density at radius 3 is 2.90 bits per heavy atom. The van der Waals surface area contributed by atoms with Crippen LogP contribution >= 0.6 is 22.6 Å². The molecular formula is C14H11FIN3O2. The van der Waals surface area contributed by atoms with E-state index in [9.17, 15) is 14.4 Å².